The summed E-state index contributed by atoms with van der Waals surface area (Å²) in [6.45, 7) is 4.09. The van der Waals surface area contributed by atoms with Gasteiger partial charge in [0, 0.05) is 5.57 Å². The number of hydrogen-bond acceptors (Lipinski definition) is 4. The van der Waals surface area contributed by atoms with Crippen LogP contribution in [0.5, 0.6) is 17.2 Å². The van der Waals surface area contributed by atoms with Crippen LogP contribution in [0.2, 0.25) is 0 Å². The molecule has 3 aromatic carbocycles. The number of nitrogens with zero attached hydrogens (tertiary/aromatic N) is 1. The van der Waals surface area contributed by atoms with Crippen molar-refractivity contribution in [1.29, 1.82) is 0 Å². The second kappa shape index (κ2) is 10.1. The third-order valence-corrected chi connectivity index (χ3v) is 4.27. The molecule has 0 fully saturated rings. The van der Waals surface area contributed by atoms with Crippen molar-refractivity contribution in [2.75, 3.05) is 7.11 Å². The largest absolute Gasteiger partial charge is 0.497 e. The lowest BCUT2D eigenvalue weighted by Gasteiger charge is -2.12. The van der Waals surface area contributed by atoms with Crippen LogP contribution >= 0.6 is 0 Å². The number of aryl methyl sites for hydroxylation is 1. The lowest BCUT2D eigenvalue weighted by Crippen LogP contribution is -2.12. The van der Waals surface area contributed by atoms with Crippen molar-refractivity contribution in [2.24, 2.45) is 4.99 Å². The molecule has 3 aromatic rings. The average Bonchev–Trinajstić information content (AvgIpc) is 2.77. The highest BCUT2D eigenvalue weighted by molar-refractivity contribution is 5.96. The third-order valence-electron chi connectivity index (χ3n) is 4.27. The SMILES string of the molecule is CCC(=COc1ccc(OC)cc1)/C(=N/c1ccc(C)cc1)Oc1ccccc1. The van der Waals surface area contributed by atoms with E-state index in [2.05, 4.69) is 6.92 Å². The summed E-state index contributed by atoms with van der Waals surface area (Å²) in [5.74, 6) is 2.73. The molecule has 0 aliphatic heterocycles. The Morgan fingerprint density at radius 3 is 2.10 bits per heavy atom. The molecule has 0 heterocycles. The van der Waals surface area contributed by atoms with Crippen LogP contribution in [0.15, 0.2) is 95.7 Å². The van der Waals surface area contributed by atoms with Gasteiger partial charge in [-0.15, -0.1) is 0 Å². The molecule has 0 radical (unpaired) electrons. The maximum atomic E-state index is 6.11. The Kier molecular flexibility index (Phi) is 7.06. The molecule has 0 N–H and O–H groups in total. The molecule has 4 nitrogen and oxygen atoms in total. The van der Waals surface area contributed by atoms with Gasteiger partial charge in [0.1, 0.15) is 17.2 Å². The molecular formula is C25H25NO3. The summed E-state index contributed by atoms with van der Waals surface area (Å²) >= 11 is 0. The summed E-state index contributed by atoms with van der Waals surface area (Å²) in [7, 11) is 1.64. The maximum Gasteiger partial charge on any atom is 0.226 e. The number of hydrogen-bond donors (Lipinski definition) is 0. The second-order valence-electron chi connectivity index (χ2n) is 6.46. The van der Waals surface area contributed by atoms with Gasteiger partial charge >= 0.3 is 0 Å². The number of rotatable bonds is 7. The lowest BCUT2D eigenvalue weighted by molar-refractivity contribution is 0.412. The van der Waals surface area contributed by atoms with Crippen LogP contribution in [0.3, 0.4) is 0 Å². The zero-order valence-electron chi connectivity index (χ0n) is 17.0. The van der Waals surface area contributed by atoms with Crippen LogP contribution < -0.4 is 14.2 Å². The zero-order chi connectivity index (χ0) is 20.5. The monoisotopic (exact) mass is 387 g/mol. The molecule has 0 aliphatic rings. The zero-order valence-corrected chi connectivity index (χ0v) is 17.0. The van der Waals surface area contributed by atoms with Crippen molar-refractivity contribution in [3.8, 4) is 17.2 Å². The van der Waals surface area contributed by atoms with E-state index in [0.29, 0.717) is 18.1 Å². The third kappa shape index (κ3) is 5.98. The first kappa shape index (κ1) is 20.2. The molecule has 0 aliphatic carbocycles. The van der Waals surface area contributed by atoms with E-state index in [4.69, 9.17) is 19.2 Å². The first-order chi connectivity index (χ1) is 14.2. The van der Waals surface area contributed by atoms with E-state index in [0.717, 1.165) is 22.8 Å². The fourth-order valence-corrected chi connectivity index (χ4v) is 2.58. The van der Waals surface area contributed by atoms with Gasteiger partial charge in [-0.1, -0.05) is 42.8 Å². The molecule has 0 bridgehead atoms. The highest BCUT2D eigenvalue weighted by Crippen LogP contribution is 2.21. The Morgan fingerprint density at radius 1 is 0.828 bits per heavy atom. The van der Waals surface area contributed by atoms with Gasteiger partial charge in [0.15, 0.2) is 0 Å². The van der Waals surface area contributed by atoms with Gasteiger partial charge in [-0.2, -0.15) is 0 Å². The molecule has 0 spiro atoms. The minimum Gasteiger partial charge on any atom is -0.497 e. The number of para-hydroxylation sites is 1. The predicted octanol–water partition coefficient (Wildman–Crippen LogP) is 6.49. The summed E-state index contributed by atoms with van der Waals surface area (Å²) in [5, 5.41) is 0. The van der Waals surface area contributed by atoms with Crippen LogP contribution in [0, 0.1) is 6.92 Å². The van der Waals surface area contributed by atoms with E-state index in [9.17, 15) is 0 Å². The second-order valence-corrected chi connectivity index (χ2v) is 6.46. The minimum absolute atomic E-state index is 0.510. The van der Waals surface area contributed by atoms with Crippen molar-refractivity contribution >= 4 is 11.6 Å². The maximum absolute atomic E-state index is 6.11. The summed E-state index contributed by atoms with van der Waals surface area (Å²) in [6, 6.07) is 25.1. The fourth-order valence-electron chi connectivity index (χ4n) is 2.58. The molecule has 0 amide bonds. The summed E-state index contributed by atoms with van der Waals surface area (Å²) in [5.41, 5.74) is 2.86. The smallest absolute Gasteiger partial charge is 0.226 e. The van der Waals surface area contributed by atoms with E-state index < -0.39 is 0 Å². The van der Waals surface area contributed by atoms with Crippen LogP contribution in [-0.2, 0) is 0 Å². The molecule has 4 heteroatoms. The topological polar surface area (TPSA) is 40.0 Å². The van der Waals surface area contributed by atoms with E-state index in [1.54, 1.807) is 13.4 Å². The van der Waals surface area contributed by atoms with Crippen molar-refractivity contribution < 1.29 is 14.2 Å². The van der Waals surface area contributed by atoms with Crippen molar-refractivity contribution in [3.63, 3.8) is 0 Å². The van der Waals surface area contributed by atoms with E-state index >= 15 is 0 Å². The first-order valence-electron chi connectivity index (χ1n) is 9.56. The number of aliphatic imine (C=N–C) groups is 1. The molecular weight excluding hydrogens is 362 g/mol. The van der Waals surface area contributed by atoms with Crippen LogP contribution in [-0.4, -0.2) is 13.0 Å². The van der Waals surface area contributed by atoms with Crippen molar-refractivity contribution in [2.45, 2.75) is 20.3 Å². The summed E-state index contributed by atoms with van der Waals surface area (Å²) < 4.78 is 17.1. The van der Waals surface area contributed by atoms with E-state index in [1.165, 1.54) is 5.56 Å². The van der Waals surface area contributed by atoms with Crippen LogP contribution in [0.25, 0.3) is 0 Å². The Bertz CT molecular complexity index is 959. The standard InChI is InChI=1S/C25H25NO3/c1-4-20(18-28-23-16-14-22(27-3)15-17-23)25(29-24-8-6-5-7-9-24)26-21-12-10-19(2)11-13-21/h5-18H,4H2,1-3H3/b20-18?,26-25-. The summed E-state index contributed by atoms with van der Waals surface area (Å²) in [6.07, 6.45) is 2.39. The predicted molar refractivity (Wildman–Crippen MR) is 117 cm³/mol. The van der Waals surface area contributed by atoms with Gasteiger partial charge in [-0.3, -0.25) is 0 Å². The number of methoxy groups -OCH3 is 1. The molecule has 0 aromatic heterocycles. The molecule has 0 saturated heterocycles. The fraction of sp³-hybridized carbons (Fsp3) is 0.160. The van der Waals surface area contributed by atoms with E-state index in [-0.39, 0.29) is 0 Å². The molecule has 0 atom stereocenters. The molecule has 3 rings (SSSR count). The highest BCUT2D eigenvalue weighted by atomic mass is 16.5. The van der Waals surface area contributed by atoms with Gasteiger partial charge in [0.2, 0.25) is 5.90 Å². The Hall–Kier alpha value is -3.53. The average molecular weight is 387 g/mol. The Balaban J connectivity index is 1.89. The first-order valence-corrected chi connectivity index (χ1v) is 9.56. The van der Waals surface area contributed by atoms with Crippen LogP contribution in [0.1, 0.15) is 18.9 Å². The Labute approximate surface area is 172 Å². The minimum atomic E-state index is 0.510. The summed E-state index contributed by atoms with van der Waals surface area (Å²) in [4.78, 5) is 4.73. The quantitative estimate of drug-likeness (QED) is 0.264. The Morgan fingerprint density at radius 2 is 1.48 bits per heavy atom. The van der Waals surface area contributed by atoms with Gasteiger partial charge in [0.25, 0.3) is 0 Å². The van der Waals surface area contributed by atoms with E-state index in [1.807, 2.05) is 85.8 Å². The van der Waals surface area contributed by atoms with Crippen molar-refractivity contribution in [1.82, 2.24) is 0 Å². The lowest BCUT2D eigenvalue weighted by atomic mass is 10.2. The van der Waals surface area contributed by atoms with Gasteiger partial charge < -0.3 is 14.2 Å². The normalized spacial score (nSPS) is 11.8. The van der Waals surface area contributed by atoms with Gasteiger partial charge in [0.05, 0.1) is 19.1 Å². The van der Waals surface area contributed by atoms with Crippen molar-refractivity contribution in [3.05, 3.63) is 96.3 Å². The highest BCUT2D eigenvalue weighted by Gasteiger charge is 2.11. The molecule has 0 unspecified atom stereocenters. The van der Waals surface area contributed by atoms with Gasteiger partial charge in [-0.05, 0) is 61.9 Å². The molecule has 0 saturated carbocycles. The number of ether oxygens (including phenoxy) is 3. The molecule has 148 valence electrons. The molecule has 29 heavy (non-hydrogen) atoms. The number of benzene rings is 3. The van der Waals surface area contributed by atoms with Gasteiger partial charge in [-0.25, -0.2) is 4.99 Å². The van der Waals surface area contributed by atoms with Crippen LogP contribution in [0.4, 0.5) is 5.69 Å².